The van der Waals surface area contributed by atoms with Crippen LogP contribution in [0, 0.1) is 0 Å². The molecule has 0 aromatic heterocycles. The maximum Gasteiger partial charge on any atom is 0.379 e. The Morgan fingerprint density at radius 2 is 1.64 bits per heavy atom. The summed E-state index contributed by atoms with van der Waals surface area (Å²) in [5.74, 6) is -1.46. The van der Waals surface area contributed by atoms with Gasteiger partial charge < -0.3 is 14.6 Å². The van der Waals surface area contributed by atoms with Gasteiger partial charge in [0, 0.05) is 11.1 Å². The Morgan fingerprint density at radius 3 is 2.24 bits per heavy atom. The molecule has 0 saturated heterocycles. The highest BCUT2D eigenvalue weighted by Gasteiger charge is 2.20. The highest BCUT2D eigenvalue weighted by Crippen LogP contribution is 2.21. The van der Waals surface area contributed by atoms with Crippen molar-refractivity contribution in [1.82, 2.24) is 0 Å². The number of Topliss-reactive ketones (excluding diaryl/α,β-unsaturated/α-hetero) is 1. The van der Waals surface area contributed by atoms with E-state index < -0.39 is 11.8 Å². The molecule has 0 saturated carbocycles. The molecule has 0 aliphatic carbocycles. The highest BCUT2D eigenvalue weighted by molar-refractivity contribution is 6.41. The summed E-state index contributed by atoms with van der Waals surface area (Å²) in [5.41, 5.74) is 1.41. The van der Waals surface area contributed by atoms with Crippen molar-refractivity contribution in [2.75, 3.05) is 6.61 Å². The summed E-state index contributed by atoms with van der Waals surface area (Å²) in [7, 11) is 0. The first kappa shape index (κ1) is 18.3. The van der Waals surface area contributed by atoms with E-state index in [4.69, 9.17) is 4.74 Å². The summed E-state index contributed by atoms with van der Waals surface area (Å²) in [5, 5.41) is 10.2. The first-order valence-corrected chi connectivity index (χ1v) is 7.91. The second kappa shape index (κ2) is 8.68. The largest absolute Gasteiger partial charge is 0.507 e. The van der Waals surface area contributed by atoms with Crippen LogP contribution in [0.15, 0.2) is 60.2 Å². The van der Waals surface area contributed by atoms with E-state index in [9.17, 15) is 14.7 Å². The molecule has 0 fully saturated rings. The number of carbonyl (C=O) groups excluding carboxylic acids is 2. The molecule has 1 N–H and O–H groups in total. The quantitative estimate of drug-likeness (QED) is 0.360. The van der Waals surface area contributed by atoms with E-state index in [1.54, 1.807) is 31.2 Å². The van der Waals surface area contributed by atoms with Crippen LogP contribution in [-0.4, -0.2) is 23.5 Å². The molecule has 0 atom stereocenters. The molecule has 5 heteroatoms. The average molecular weight is 340 g/mol. The van der Waals surface area contributed by atoms with E-state index in [0.717, 1.165) is 5.56 Å². The van der Waals surface area contributed by atoms with Crippen LogP contribution in [0.3, 0.4) is 0 Å². The number of rotatable bonds is 7. The standard InChI is InChI=1S/C20H20O5/c1-3-24-20(23)19(22)14(2)18(21)16-9-11-17(12-10-16)25-13-15-7-5-4-6-8-15/h4-12,21H,3,13H2,1-2H3/b18-14-. The van der Waals surface area contributed by atoms with E-state index in [1.165, 1.54) is 6.92 Å². The van der Waals surface area contributed by atoms with Gasteiger partial charge in [-0.15, -0.1) is 0 Å². The van der Waals surface area contributed by atoms with Gasteiger partial charge in [0.05, 0.1) is 6.61 Å². The molecule has 0 aliphatic heterocycles. The van der Waals surface area contributed by atoms with E-state index in [-0.39, 0.29) is 17.9 Å². The molecule has 2 rings (SSSR count). The number of esters is 1. The van der Waals surface area contributed by atoms with Crippen LogP contribution >= 0.6 is 0 Å². The lowest BCUT2D eigenvalue weighted by Gasteiger charge is -2.09. The van der Waals surface area contributed by atoms with Gasteiger partial charge in [-0.05, 0) is 43.7 Å². The number of hydrogen-bond acceptors (Lipinski definition) is 5. The summed E-state index contributed by atoms with van der Waals surface area (Å²) in [4.78, 5) is 23.3. The van der Waals surface area contributed by atoms with Gasteiger partial charge in [0.1, 0.15) is 18.1 Å². The van der Waals surface area contributed by atoms with Crippen molar-refractivity contribution < 1.29 is 24.2 Å². The molecule has 5 nitrogen and oxygen atoms in total. The van der Waals surface area contributed by atoms with Crippen LogP contribution in [0.5, 0.6) is 5.75 Å². The Labute approximate surface area is 146 Å². The zero-order valence-electron chi connectivity index (χ0n) is 14.2. The third kappa shape index (κ3) is 4.94. The van der Waals surface area contributed by atoms with E-state index in [1.807, 2.05) is 30.3 Å². The second-order valence-corrected chi connectivity index (χ2v) is 5.32. The van der Waals surface area contributed by atoms with Gasteiger partial charge in [-0.25, -0.2) is 4.79 Å². The first-order chi connectivity index (χ1) is 12.0. The molecule has 0 radical (unpaired) electrons. The third-order valence-electron chi connectivity index (χ3n) is 3.53. The molecular weight excluding hydrogens is 320 g/mol. The lowest BCUT2D eigenvalue weighted by molar-refractivity contribution is -0.151. The fourth-order valence-electron chi connectivity index (χ4n) is 2.12. The molecule has 0 aliphatic rings. The predicted molar refractivity (Wildman–Crippen MR) is 94.1 cm³/mol. The topological polar surface area (TPSA) is 72.8 Å². The van der Waals surface area contributed by atoms with Crippen LogP contribution < -0.4 is 4.74 Å². The summed E-state index contributed by atoms with van der Waals surface area (Å²) >= 11 is 0. The van der Waals surface area contributed by atoms with Crippen molar-refractivity contribution in [2.24, 2.45) is 0 Å². The van der Waals surface area contributed by atoms with Crippen molar-refractivity contribution in [3.05, 3.63) is 71.3 Å². The normalized spacial score (nSPS) is 11.4. The van der Waals surface area contributed by atoms with E-state index in [0.29, 0.717) is 17.9 Å². The van der Waals surface area contributed by atoms with Crippen molar-refractivity contribution in [3.8, 4) is 5.75 Å². The zero-order valence-corrected chi connectivity index (χ0v) is 14.2. The number of benzene rings is 2. The number of aliphatic hydroxyl groups is 1. The van der Waals surface area contributed by atoms with Crippen molar-refractivity contribution in [3.63, 3.8) is 0 Å². The highest BCUT2D eigenvalue weighted by atomic mass is 16.5. The second-order valence-electron chi connectivity index (χ2n) is 5.32. The Bertz CT molecular complexity index is 760. The van der Waals surface area contributed by atoms with Gasteiger partial charge in [-0.3, -0.25) is 4.79 Å². The maximum absolute atomic E-state index is 11.9. The summed E-state index contributed by atoms with van der Waals surface area (Å²) in [6.07, 6.45) is 0. The van der Waals surface area contributed by atoms with Crippen LogP contribution in [0.25, 0.3) is 5.76 Å². The van der Waals surface area contributed by atoms with Crippen LogP contribution in [0.2, 0.25) is 0 Å². The van der Waals surface area contributed by atoms with Gasteiger partial charge in [0.15, 0.2) is 0 Å². The minimum absolute atomic E-state index is 0.0589. The van der Waals surface area contributed by atoms with Gasteiger partial charge in [-0.2, -0.15) is 0 Å². The number of aliphatic hydroxyl groups excluding tert-OH is 1. The minimum atomic E-state index is -0.977. The number of ketones is 1. The molecule has 2 aromatic rings. The molecule has 0 heterocycles. The Kier molecular flexibility index (Phi) is 6.34. The maximum atomic E-state index is 11.9. The predicted octanol–water partition coefficient (Wildman–Crippen LogP) is 3.69. The molecular formula is C20H20O5. The molecule has 0 spiro atoms. The average Bonchev–Trinajstić information content (AvgIpc) is 2.66. The molecule has 0 unspecified atom stereocenters. The number of carbonyl (C=O) groups is 2. The zero-order chi connectivity index (χ0) is 18.2. The Morgan fingerprint density at radius 1 is 1.00 bits per heavy atom. The van der Waals surface area contributed by atoms with Crippen LogP contribution in [0.4, 0.5) is 0 Å². The van der Waals surface area contributed by atoms with Crippen molar-refractivity contribution in [2.45, 2.75) is 20.5 Å². The van der Waals surface area contributed by atoms with Gasteiger partial charge in [-0.1, -0.05) is 30.3 Å². The SMILES string of the molecule is CCOC(=O)C(=O)/C(C)=C(\O)c1ccc(OCc2ccccc2)cc1. The van der Waals surface area contributed by atoms with Gasteiger partial charge >= 0.3 is 5.97 Å². The van der Waals surface area contributed by atoms with Crippen LogP contribution in [-0.2, 0) is 20.9 Å². The third-order valence-corrected chi connectivity index (χ3v) is 3.53. The fraction of sp³-hybridized carbons (Fsp3) is 0.200. The van der Waals surface area contributed by atoms with E-state index in [2.05, 4.69) is 4.74 Å². The number of hydrogen-bond donors (Lipinski definition) is 1. The smallest absolute Gasteiger partial charge is 0.379 e. The van der Waals surface area contributed by atoms with Crippen molar-refractivity contribution in [1.29, 1.82) is 0 Å². The molecule has 25 heavy (non-hydrogen) atoms. The Hall–Kier alpha value is -3.08. The molecule has 130 valence electrons. The van der Waals surface area contributed by atoms with Crippen molar-refractivity contribution >= 4 is 17.5 Å². The van der Waals surface area contributed by atoms with E-state index >= 15 is 0 Å². The summed E-state index contributed by atoms with van der Waals surface area (Å²) in [6, 6.07) is 16.4. The fourth-order valence-corrected chi connectivity index (χ4v) is 2.12. The monoisotopic (exact) mass is 340 g/mol. The Balaban J connectivity index is 2.06. The lowest BCUT2D eigenvalue weighted by atomic mass is 10.1. The van der Waals surface area contributed by atoms with Gasteiger partial charge in [0.25, 0.3) is 5.78 Å². The summed E-state index contributed by atoms with van der Waals surface area (Å²) < 4.78 is 10.3. The van der Waals surface area contributed by atoms with Crippen LogP contribution in [0.1, 0.15) is 25.0 Å². The first-order valence-electron chi connectivity index (χ1n) is 7.91. The number of ether oxygens (including phenoxy) is 2. The lowest BCUT2D eigenvalue weighted by Crippen LogP contribution is -2.19. The summed E-state index contributed by atoms with van der Waals surface area (Å²) in [6.45, 7) is 3.53. The molecule has 0 amide bonds. The molecule has 0 bridgehead atoms. The minimum Gasteiger partial charge on any atom is -0.507 e. The molecule has 2 aromatic carbocycles. The van der Waals surface area contributed by atoms with Gasteiger partial charge in [0.2, 0.25) is 0 Å².